The second-order valence-electron chi connectivity index (χ2n) is 5.74. The van der Waals surface area contributed by atoms with Crippen molar-refractivity contribution in [2.75, 3.05) is 20.2 Å². The lowest BCUT2D eigenvalue weighted by Crippen LogP contribution is -2.40. The Bertz CT molecular complexity index is 283. The minimum Gasteiger partial charge on any atom is -0.378 e. The zero-order valence-corrected chi connectivity index (χ0v) is 12.5. The molecule has 110 valence electrons. The van der Waals surface area contributed by atoms with Gasteiger partial charge in [0, 0.05) is 26.2 Å². The SMILES string of the molecule is CCOC(CCNC(=NC)NC1CC1)C1CCCC1. The largest absolute Gasteiger partial charge is 0.378 e. The fourth-order valence-corrected chi connectivity index (χ4v) is 2.95. The first kappa shape index (κ1) is 14.6. The van der Waals surface area contributed by atoms with Crippen LogP contribution in [0.2, 0.25) is 0 Å². The van der Waals surface area contributed by atoms with Gasteiger partial charge in [0.25, 0.3) is 0 Å². The summed E-state index contributed by atoms with van der Waals surface area (Å²) < 4.78 is 5.93. The zero-order valence-electron chi connectivity index (χ0n) is 12.5. The molecule has 19 heavy (non-hydrogen) atoms. The second kappa shape index (κ2) is 7.73. The quantitative estimate of drug-likeness (QED) is 0.549. The summed E-state index contributed by atoms with van der Waals surface area (Å²) in [7, 11) is 1.84. The highest BCUT2D eigenvalue weighted by Crippen LogP contribution is 2.30. The molecule has 0 radical (unpaired) electrons. The van der Waals surface area contributed by atoms with Crippen LogP contribution in [0, 0.1) is 5.92 Å². The Hall–Kier alpha value is -0.770. The first-order valence-electron chi connectivity index (χ1n) is 7.92. The third-order valence-corrected chi connectivity index (χ3v) is 4.17. The molecule has 4 heteroatoms. The van der Waals surface area contributed by atoms with Gasteiger partial charge in [0.2, 0.25) is 0 Å². The summed E-state index contributed by atoms with van der Waals surface area (Å²) in [4.78, 5) is 4.26. The van der Waals surface area contributed by atoms with Crippen LogP contribution in [-0.4, -0.2) is 38.3 Å². The monoisotopic (exact) mass is 267 g/mol. The first-order valence-corrected chi connectivity index (χ1v) is 7.92. The standard InChI is InChI=1S/C15H29N3O/c1-3-19-14(12-6-4-5-7-12)10-11-17-15(16-2)18-13-8-9-13/h12-14H,3-11H2,1-2H3,(H2,16,17,18). The van der Waals surface area contributed by atoms with Crippen molar-refractivity contribution in [2.45, 2.75) is 64.0 Å². The molecule has 0 aliphatic heterocycles. The minimum atomic E-state index is 0.430. The highest BCUT2D eigenvalue weighted by molar-refractivity contribution is 5.80. The molecule has 2 aliphatic rings. The van der Waals surface area contributed by atoms with Crippen LogP contribution in [0.15, 0.2) is 4.99 Å². The molecule has 2 N–H and O–H groups in total. The van der Waals surface area contributed by atoms with Gasteiger partial charge in [-0.15, -0.1) is 0 Å². The summed E-state index contributed by atoms with van der Waals surface area (Å²) in [5.41, 5.74) is 0. The zero-order chi connectivity index (χ0) is 13.5. The Labute approximate surface area is 117 Å². The van der Waals surface area contributed by atoms with Crippen molar-refractivity contribution in [1.82, 2.24) is 10.6 Å². The Morgan fingerprint density at radius 3 is 2.58 bits per heavy atom. The van der Waals surface area contributed by atoms with Crippen molar-refractivity contribution < 1.29 is 4.74 Å². The molecule has 2 aliphatic carbocycles. The average Bonchev–Trinajstić information content (AvgIpc) is 3.06. The molecule has 0 aromatic heterocycles. The maximum atomic E-state index is 5.93. The molecule has 0 heterocycles. The number of nitrogens with one attached hydrogen (secondary N) is 2. The molecule has 0 spiro atoms. The van der Waals surface area contributed by atoms with Gasteiger partial charge in [-0.3, -0.25) is 4.99 Å². The molecule has 0 aromatic carbocycles. The van der Waals surface area contributed by atoms with Crippen molar-refractivity contribution in [3.8, 4) is 0 Å². The Morgan fingerprint density at radius 1 is 1.26 bits per heavy atom. The number of rotatable bonds is 7. The van der Waals surface area contributed by atoms with Crippen LogP contribution in [0.3, 0.4) is 0 Å². The van der Waals surface area contributed by atoms with Crippen LogP contribution in [0.1, 0.15) is 51.9 Å². The minimum absolute atomic E-state index is 0.430. The van der Waals surface area contributed by atoms with Crippen LogP contribution in [0.4, 0.5) is 0 Å². The lowest BCUT2D eigenvalue weighted by molar-refractivity contribution is 0.0169. The molecule has 1 unspecified atom stereocenters. The average molecular weight is 267 g/mol. The first-order chi connectivity index (χ1) is 9.33. The highest BCUT2D eigenvalue weighted by atomic mass is 16.5. The Balaban J connectivity index is 1.68. The van der Waals surface area contributed by atoms with E-state index in [1.807, 2.05) is 7.05 Å². The van der Waals surface area contributed by atoms with Crippen LogP contribution in [0.5, 0.6) is 0 Å². The number of hydrogen-bond acceptors (Lipinski definition) is 2. The number of guanidine groups is 1. The molecule has 0 amide bonds. The van der Waals surface area contributed by atoms with E-state index in [1.54, 1.807) is 0 Å². The molecule has 1 atom stereocenters. The van der Waals surface area contributed by atoms with Gasteiger partial charge in [-0.2, -0.15) is 0 Å². The number of aliphatic imine (C=N–C) groups is 1. The van der Waals surface area contributed by atoms with Crippen molar-refractivity contribution in [2.24, 2.45) is 10.9 Å². The van der Waals surface area contributed by atoms with E-state index >= 15 is 0 Å². The second-order valence-corrected chi connectivity index (χ2v) is 5.74. The summed E-state index contributed by atoms with van der Waals surface area (Å²) in [6.45, 7) is 3.88. The van der Waals surface area contributed by atoms with Gasteiger partial charge < -0.3 is 15.4 Å². The van der Waals surface area contributed by atoms with Gasteiger partial charge >= 0.3 is 0 Å². The van der Waals surface area contributed by atoms with E-state index in [0.717, 1.165) is 31.4 Å². The van der Waals surface area contributed by atoms with Crippen LogP contribution in [0.25, 0.3) is 0 Å². The molecule has 0 bridgehead atoms. The lowest BCUT2D eigenvalue weighted by atomic mass is 9.98. The van der Waals surface area contributed by atoms with Crippen molar-refractivity contribution in [1.29, 1.82) is 0 Å². The van der Waals surface area contributed by atoms with Crippen LogP contribution >= 0.6 is 0 Å². The summed E-state index contributed by atoms with van der Waals surface area (Å²) in [6.07, 6.45) is 9.54. The molecule has 0 saturated heterocycles. The van der Waals surface area contributed by atoms with Crippen molar-refractivity contribution >= 4 is 5.96 Å². The fraction of sp³-hybridized carbons (Fsp3) is 0.933. The van der Waals surface area contributed by atoms with E-state index < -0.39 is 0 Å². The summed E-state index contributed by atoms with van der Waals surface area (Å²) in [5, 5.41) is 6.83. The topological polar surface area (TPSA) is 45.6 Å². The summed E-state index contributed by atoms with van der Waals surface area (Å²) in [6, 6.07) is 0.656. The van der Waals surface area contributed by atoms with E-state index in [4.69, 9.17) is 4.74 Å². The molecule has 0 aromatic rings. The highest BCUT2D eigenvalue weighted by Gasteiger charge is 2.25. The van der Waals surface area contributed by atoms with Crippen molar-refractivity contribution in [3.05, 3.63) is 0 Å². The molecular weight excluding hydrogens is 238 g/mol. The normalized spacial score (nSPS) is 22.5. The Morgan fingerprint density at radius 2 is 2.00 bits per heavy atom. The maximum Gasteiger partial charge on any atom is 0.191 e. The van der Waals surface area contributed by atoms with E-state index in [1.165, 1.54) is 38.5 Å². The van der Waals surface area contributed by atoms with Gasteiger partial charge in [-0.1, -0.05) is 12.8 Å². The molecule has 4 nitrogen and oxygen atoms in total. The maximum absolute atomic E-state index is 5.93. The molecule has 2 fully saturated rings. The van der Waals surface area contributed by atoms with Gasteiger partial charge in [0.1, 0.15) is 0 Å². The third kappa shape index (κ3) is 5.01. The summed E-state index contributed by atoms with van der Waals surface area (Å²) in [5.74, 6) is 1.73. The third-order valence-electron chi connectivity index (χ3n) is 4.17. The van der Waals surface area contributed by atoms with Gasteiger partial charge in [0.15, 0.2) is 5.96 Å². The van der Waals surface area contributed by atoms with E-state index in [-0.39, 0.29) is 0 Å². The van der Waals surface area contributed by atoms with Crippen molar-refractivity contribution in [3.63, 3.8) is 0 Å². The summed E-state index contributed by atoms with van der Waals surface area (Å²) >= 11 is 0. The van der Waals surface area contributed by atoms with Crippen LogP contribution in [-0.2, 0) is 4.74 Å². The van der Waals surface area contributed by atoms with Gasteiger partial charge in [-0.25, -0.2) is 0 Å². The predicted molar refractivity (Wildman–Crippen MR) is 79.5 cm³/mol. The predicted octanol–water partition coefficient (Wildman–Crippen LogP) is 2.30. The van der Waals surface area contributed by atoms with Gasteiger partial charge in [0.05, 0.1) is 6.10 Å². The smallest absolute Gasteiger partial charge is 0.191 e. The molecule has 2 saturated carbocycles. The number of hydrogen-bond donors (Lipinski definition) is 2. The van der Waals surface area contributed by atoms with E-state index in [9.17, 15) is 0 Å². The number of nitrogens with zero attached hydrogens (tertiary/aromatic N) is 1. The lowest BCUT2D eigenvalue weighted by Gasteiger charge is -2.24. The van der Waals surface area contributed by atoms with Crippen LogP contribution < -0.4 is 10.6 Å². The number of ether oxygens (including phenoxy) is 1. The van der Waals surface area contributed by atoms with E-state index in [2.05, 4.69) is 22.5 Å². The molecular formula is C15H29N3O. The fourth-order valence-electron chi connectivity index (χ4n) is 2.95. The molecule has 2 rings (SSSR count). The van der Waals surface area contributed by atoms with Gasteiger partial charge in [-0.05, 0) is 44.9 Å². The van der Waals surface area contributed by atoms with E-state index in [0.29, 0.717) is 12.1 Å². The Kier molecular flexibility index (Phi) is 5.95.